The van der Waals surface area contributed by atoms with Gasteiger partial charge >= 0.3 is 6.09 Å². The first-order chi connectivity index (χ1) is 15.8. The zero-order valence-corrected chi connectivity index (χ0v) is 19.5. The molecule has 7 heteroatoms. The summed E-state index contributed by atoms with van der Waals surface area (Å²) in [5.41, 5.74) is 2.98. The Labute approximate surface area is 194 Å². The maximum absolute atomic E-state index is 12.7. The molecule has 1 unspecified atom stereocenters. The van der Waals surface area contributed by atoms with Crippen molar-refractivity contribution in [2.24, 2.45) is 0 Å². The summed E-state index contributed by atoms with van der Waals surface area (Å²) in [6.07, 6.45) is 2.60. The van der Waals surface area contributed by atoms with Crippen molar-refractivity contribution in [2.45, 2.75) is 58.2 Å². The number of para-hydroxylation sites is 2. The molecule has 2 heterocycles. The molecule has 1 atom stereocenters. The van der Waals surface area contributed by atoms with E-state index in [4.69, 9.17) is 19.7 Å². The summed E-state index contributed by atoms with van der Waals surface area (Å²) in [6, 6.07) is 18.1. The number of aromatic nitrogens is 2. The van der Waals surface area contributed by atoms with Gasteiger partial charge < -0.3 is 14.4 Å². The first kappa shape index (κ1) is 22.7. The van der Waals surface area contributed by atoms with Crippen LogP contribution in [0.5, 0.6) is 6.01 Å². The van der Waals surface area contributed by atoms with E-state index in [9.17, 15) is 4.79 Å². The average Bonchev–Trinajstić information content (AvgIpc) is 3.14. The standard InChI is InChI=1S/C26H30N4O3/c1-26(2,3)33-25(31)29-15-7-6-8-21(29)18-32-24-28-22-9-4-5-10-23(22)30(24)17-20-13-11-19(16-27)12-14-20/h4-5,9-14,21H,6-8,15,17-18H2,1-3H3. The molecule has 1 aliphatic rings. The Kier molecular flexibility index (Phi) is 6.55. The van der Waals surface area contributed by atoms with Crippen molar-refractivity contribution in [1.29, 1.82) is 5.26 Å². The highest BCUT2D eigenvalue weighted by molar-refractivity contribution is 5.76. The predicted molar refractivity (Wildman–Crippen MR) is 126 cm³/mol. The molecule has 0 N–H and O–H groups in total. The fraction of sp³-hybridized carbons (Fsp3) is 0.423. The van der Waals surface area contributed by atoms with E-state index in [1.54, 1.807) is 4.90 Å². The number of nitriles is 1. The first-order valence-corrected chi connectivity index (χ1v) is 11.4. The van der Waals surface area contributed by atoms with Crippen LogP contribution in [0.15, 0.2) is 48.5 Å². The second-order valence-corrected chi connectivity index (χ2v) is 9.41. The summed E-state index contributed by atoms with van der Waals surface area (Å²) in [7, 11) is 0. The lowest BCUT2D eigenvalue weighted by molar-refractivity contribution is 0.00290. The molecule has 4 rings (SSSR count). The normalized spacial score (nSPS) is 16.4. The molecule has 3 aromatic rings. The number of ether oxygens (including phenoxy) is 2. The summed E-state index contributed by atoms with van der Waals surface area (Å²) in [5.74, 6) is 0. The Bertz CT molecular complexity index is 1150. The third kappa shape index (κ3) is 5.46. The number of imidazole rings is 1. The van der Waals surface area contributed by atoms with Crippen molar-refractivity contribution in [2.75, 3.05) is 13.2 Å². The van der Waals surface area contributed by atoms with E-state index in [1.807, 2.05) is 73.9 Å². The highest BCUT2D eigenvalue weighted by atomic mass is 16.6. The van der Waals surface area contributed by atoms with Gasteiger partial charge in [-0.1, -0.05) is 24.3 Å². The lowest BCUT2D eigenvalue weighted by Crippen LogP contribution is -2.48. The van der Waals surface area contributed by atoms with Crippen molar-refractivity contribution in [1.82, 2.24) is 14.5 Å². The van der Waals surface area contributed by atoms with Crippen molar-refractivity contribution in [3.05, 3.63) is 59.7 Å². The van der Waals surface area contributed by atoms with Crippen LogP contribution in [0.4, 0.5) is 4.79 Å². The fourth-order valence-corrected chi connectivity index (χ4v) is 4.09. The second-order valence-electron chi connectivity index (χ2n) is 9.41. The van der Waals surface area contributed by atoms with Gasteiger partial charge in [-0.05, 0) is 69.9 Å². The van der Waals surface area contributed by atoms with Crippen molar-refractivity contribution in [3.63, 3.8) is 0 Å². The summed E-state index contributed by atoms with van der Waals surface area (Å²) in [6.45, 7) is 7.24. The Morgan fingerprint density at radius 2 is 1.91 bits per heavy atom. The zero-order chi connectivity index (χ0) is 23.4. The molecular weight excluding hydrogens is 416 g/mol. The molecule has 0 spiro atoms. The molecule has 33 heavy (non-hydrogen) atoms. The molecule has 0 bridgehead atoms. The predicted octanol–water partition coefficient (Wildman–Crippen LogP) is 5.12. The largest absolute Gasteiger partial charge is 0.462 e. The molecular formula is C26H30N4O3. The summed E-state index contributed by atoms with van der Waals surface area (Å²) < 4.78 is 13.9. The van der Waals surface area contributed by atoms with Gasteiger partial charge in [0.1, 0.15) is 12.2 Å². The lowest BCUT2D eigenvalue weighted by atomic mass is 10.0. The molecule has 0 saturated carbocycles. The topological polar surface area (TPSA) is 80.4 Å². The number of hydrogen-bond acceptors (Lipinski definition) is 5. The first-order valence-electron chi connectivity index (χ1n) is 11.4. The van der Waals surface area contributed by atoms with E-state index in [1.165, 1.54) is 0 Å². The molecule has 0 aliphatic carbocycles. The minimum absolute atomic E-state index is 0.0585. The number of amides is 1. The maximum Gasteiger partial charge on any atom is 0.410 e. The Balaban J connectivity index is 1.54. The zero-order valence-electron chi connectivity index (χ0n) is 19.5. The minimum Gasteiger partial charge on any atom is -0.462 e. The number of hydrogen-bond donors (Lipinski definition) is 0. The van der Waals surface area contributed by atoms with Crippen LogP contribution in [0.3, 0.4) is 0 Å². The van der Waals surface area contributed by atoms with E-state index >= 15 is 0 Å². The molecule has 1 aliphatic heterocycles. The van der Waals surface area contributed by atoms with E-state index in [-0.39, 0.29) is 12.1 Å². The van der Waals surface area contributed by atoms with Gasteiger partial charge in [-0.2, -0.15) is 10.2 Å². The van der Waals surface area contributed by atoms with Crippen LogP contribution < -0.4 is 4.74 Å². The fourth-order valence-electron chi connectivity index (χ4n) is 4.09. The van der Waals surface area contributed by atoms with Crippen molar-refractivity contribution >= 4 is 17.1 Å². The number of piperidine rings is 1. The highest BCUT2D eigenvalue weighted by Gasteiger charge is 2.31. The Morgan fingerprint density at radius 3 is 2.64 bits per heavy atom. The third-order valence-corrected chi connectivity index (χ3v) is 5.70. The van der Waals surface area contributed by atoms with E-state index in [0.29, 0.717) is 31.3 Å². The van der Waals surface area contributed by atoms with Crippen LogP contribution >= 0.6 is 0 Å². The van der Waals surface area contributed by atoms with E-state index in [0.717, 1.165) is 35.9 Å². The lowest BCUT2D eigenvalue weighted by Gasteiger charge is -2.36. The monoisotopic (exact) mass is 446 g/mol. The summed E-state index contributed by atoms with van der Waals surface area (Å²) in [5, 5.41) is 9.07. The number of rotatable bonds is 5. The van der Waals surface area contributed by atoms with Crippen LogP contribution in [0, 0.1) is 11.3 Å². The highest BCUT2D eigenvalue weighted by Crippen LogP contribution is 2.25. The van der Waals surface area contributed by atoms with E-state index < -0.39 is 5.60 Å². The van der Waals surface area contributed by atoms with Gasteiger partial charge in [-0.3, -0.25) is 4.57 Å². The molecule has 1 aromatic heterocycles. The molecule has 7 nitrogen and oxygen atoms in total. The number of likely N-dealkylation sites (tertiary alicyclic amines) is 1. The molecule has 172 valence electrons. The SMILES string of the molecule is CC(C)(C)OC(=O)N1CCCCC1COc1nc2ccccc2n1Cc1ccc(C#N)cc1. The van der Waals surface area contributed by atoms with Gasteiger partial charge in [-0.25, -0.2) is 4.79 Å². The third-order valence-electron chi connectivity index (χ3n) is 5.70. The van der Waals surface area contributed by atoms with E-state index in [2.05, 4.69) is 6.07 Å². The quantitative estimate of drug-likeness (QED) is 0.543. The van der Waals surface area contributed by atoms with Crippen LogP contribution in [0.25, 0.3) is 11.0 Å². The van der Waals surface area contributed by atoms with Crippen molar-refractivity contribution < 1.29 is 14.3 Å². The number of carbonyl (C=O) groups is 1. The van der Waals surface area contributed by atoms with Gasteiger partial charge in [0.25, 0.3) is 6.01 Å². The maximum atomic E-state index is 12.7. The Hall–Kier alpha value is -3.53. The summed E-state index contributed by atoms with van der Waals surface area (Å²) >= 11 is 0. The second kappa shape index (κ2) is 9.53. The minimum atomic E-state index is -0.533. The van der Waals surface area contributed by atoms with Crippen LogP contribution in [0.2, 0.25) is 0 Å². The molecule has 0 radical (unpaired) electrons. The number of nitrogens with zero attached hydrogens (tertiary/aromatic N) is 4. The molecule has 2 aromatic carbocycles. The smallest absolute Gasteiger partial charge is 0.410 e. The van der Waals surface area contributed by atoms with Gasteiger partial charge in [0, 0.05) is 6.54 Å². The number of benzene rings is 2. The van der Waals surface area contributed by atoms with Gasteiger partial charge in [0.15, 0.2) is 0 Å². The molecule has 1 fully saturated rings. The van der Waals surface area contributed by atoms with Crippen LogP contribution in [0.1, 0.15) is 51.2 Å². The summed E-state index contributed by atoms with van der Waals surface area (Å²) in [4.78, 5) is 19.2. The number of carbonyl (C=O) groups excluding carboxylic acids is 1. The number of fused-ring (bicyclic) bond motifs is 1. The van der Waals surface area contributed by atoms with Gasteiger partial charge in [0.2, 0.25) is 0 Å². The average molecular weight is 447 g/mol. The molecule has 1 saturated heterocycles. The van der Waals surface area contributed by atoms with Gasteiger partial charge in [-0.15, -0.1) is 0 Å². The van der Waals surface area contributed by atoms with Crippen molar-refractivity contribution in [3.8, 4) is 12.1 Å². The van der Waals surface area contributed by atoms with Crippen LogP contribution in [-0.2, 0) is 11.3 Å². The van der Waals surface area contributed by atoms with Gasteiger partial charge in [0.05, 0.1) is 35.3 Å². The molecule has 1 amide bonds. The Morgan fingerprint density at radius 1 is 1.15 bits per heavy atom. The van der Waals surface area contributed by atoms with Crippen LogP contribution in [-0.4, -0.2) is 45.3 Å².